The summed E-state index contributed by atoms with van der Waals surface area (Å²) in [5.41, 5.74) is 5.59. The van der Waals surface area contributed by atoms with E-state index < -0.39 is 0 Å². The van der Waals surface area contributed by atoms with Crippen LogP contribution in [0.2, 0.25) is 0 Å². The number of carbonyl (C=O) groups excluding carboxylic acids is 1. The van der Waals surface area contributed by atoms with Crippen LogP contribution in [0.4, 0.5) is 0 Å². The molecule has 174 valence electrons. The van der Waals surface area contributed by atoms with Gasteiger partial charge in [0.15, 0.2) is 0 Å². The molecule has 1 aromatic carbocycles. The second kappa shape index (κ2) is 10.7. The number of amides is 1. The highest BCUT2D eigenvalue weighted by molar-refractivity contribution is 7.09. The molecule has 2 aromatic rings. The Kier molecular flexibility index (Phi) is 7.54. The van der Waals surface area contributed by atoms with Gasteiger partial charge in [-0.2, -0.15) is 4.99 Å². The van der Waals surface area contributed by atoms with Crippen molar-refractivity contribution in [1.82, 2.24) is 15.3 Å². The Morgan fingerprint density at radius 2 is 2.03 bits per heavy atom. The summed E-state index contributed by atoms with van der Waals surface area (Å²) in [7, 11) is 0. The highest BCUT2D eigenvalue weighted by atomic mass is 32.1. The lowest BCUT2D eigenvalue weighted by atomic mass is 9.98. The minimum atomic E-state index is -0.246. The van der Waals surface area contributed by atoms with E-state index in [1.165, 1.54) is 5.56 Å². The van der Waals surface area contributed by atoms with Crippen molar-refractivity contribution in [2.45, 2.75) is 65.3 Å². The lowest BCUT2D eigenvalue weighted by molar-refractivity contribution is -0.115. The van der Waals surface area contributed by atoms with Gasteiger partial charge in [0.25, 0.3) is 5.91 Å². The van der Waals surface area contributed by atoms with Gasteiger partial charge in [-0.1, -0.05) is 57.0 Å². The normalized spacial score (nSPS) is 19.1. The first-order chi connectivity index (χ1) is 16.1. The van der Waals surface area contributed by atoms with E-state index in [-0.39, 0.29) is 11.9 Å². The number of unbranched alkanes of at least 4 members (excludes halogenated alkanes) is 1. The second-order valence-corrected chi connectivity index (χ2v) is 9.40. The minimum Gasteiger partial charge on any atom is -0.423 e. The SMILES string of the molecule is CCCCC1=NC(=O)C(=C2NN=C(Cc3csc(C)n3)O2)CN1[C@@H](CCC)c1ccccc1. The van der Waals surface area contributed by atoms with Crippen molar-refractivity contribution in [3.8, 4) is 0 Å². The number of aliphatic imine (C=N–C) groups is 1. The van der Waals surface area contributed by atoms with Gasteiger partial charge in [0.05, 0.1) is 29.7 Å². The van der Waals surface area contributed by atoms with Crippen LogP contribution in [0.5, 0.6) is 0 Å². The van der Waals surface area contributed by atoms with Crippen LogP contribution >= 0.6 is 11.3 Å². The lowest BCUT2D eigenvalue weighted by Gasteiger charge is -2.37. The Hall–Kier alpha value is -3.00. The van der Waals surface area contributed by atoms with Crippen molar-refractivity contribution >= 4 is 29.0 Å². The minimum absolute atomic E-state index is 0.148. The zero-order valence-electron chi connectivity index (χ0n) is 19.5. The molecular formula is C25H31N5O2S. The Balaban J connectivity index is 1.60. The number of hydrazone groups is 1. The molecule has 0 spiro atoms. The molecule has 8 heteroatoms. The zero-order chi connectivity index (χ0) is 23.2. The van der Waals surface area contributed by atoms with Gasteiger partial charge >= 0.3 is 0 Å². The van der Waals surface area contributed by atoms with Crippen LogP contribution < -0.4 is 5.43 Å². The quantitative estimate of drug-likeness (QED) is 0.521. The van der Waals surface area contributed by atoms with Gasteiger partial charge in [0.1, 0.15) is 11.4 Å². The van der Waals surface area contributed by atoms with Gasteiger partial charge in [-0.3, -0.25) is 4.79 Å². The van der Waals surface area contributed by atoms with Crippen LogP contribution in [0, 0.1) is 6.92 Å². The molecule has 0 aliphatic carbocycles. The molecule has 0 bridgehead atoms. The van der Waals surface area contributed by atoms with Crippen LogP contribution in [0.1, 0.15) is 68.3 Å². The molecular weight excluding hydrogens is 434 g/mol. The van der Waals surface area contributed by atoms with Crippen molar-refractivity contribution in [1.29, 1.82) is 0 Å². The van der Waals surface area contributed by atoms with Gasteiger partial charge < -0.3 is 9.64 Å². The number of benzene rings is 1. The first kappa shape index (κ1) is 23.2. The Bertz CT molecular complexity index is 1070. The number of hydrogen-bond donors (Lipinski definition) is 1. The van der Waals surface area contributed by atoms with E-state index in [1.807, 2.05) is 18.4 Å². The molecule has 0 unspecified atom stereocenters. The fraction of sp³-hybridized carbons (Fsp3) is 0.440. The molecule has 3 heterocycles. The maximum Gasteiger partial charge on any atom is 0.281 e. The highest BCUT2D eigenvalue weighted by Crippen LogP contribution is 2.31. The molecule has 1 aromatic heterocycles. The molecule has 0 saturated carbocycles. The van der Waals surface area contributed by atoms with E-state index in [2.05, 4.69) is 63.5 Å². The van der Waals surface area contributed by atoms with E-state index >= 15 is 0 Å². The summed E-state index contributed by atoms with van der Waals surface area (Å²) in [4.78, 5) is 24.3. The Labute approximate surface area is 199 Å². The molecule has 2 aliphatic heterocycles. The summed E-state index contributed by atoms with van der Waals surface area (Å²) in [6, 6.07) is 10.6. The summed E-state index contributed by atoms with van der Waals surface area (Å²) in [5, 5.41) is 7.30. The monoisotopic (exact) mass is 465 g/mol. The van der Waals surface area contributed by atoms with Crippen LogP contribution in [0.25, 0.3) is 0 Å². The number of rotatable bonds is 9. The van der Waals surface area contributed by atoms with Crippen molar-refractivity contribution in [3.05, 3.63) is 63.4 Å². The van der Waals surface area contributed by atoms with E-state index in [4.69, 9.17) is 4.74 Å². The molecule has 33 heavy (non-hydrogen) atoms. The van der Waals surface area contributed by atoms with E-state index in [0.717, 1.165) is 48.6 Å². The van der Waals surface area contributed by atoms with Crippen molar-refractivity contribution in [2.24, 2.45) is 10.1 Å². The van der Waals surface area contributed by atoms with Crippen LogP contribution in [-0.2, 0) is 16.0 Å². The predicted octanol–water partition coefficient (Wildman–Crippen LogP) is 5.11. The van der Waals surface area contributed by atoms with Crippen molar-refractivity contribution < 1.29 is 9.53 Å². The standard InChI is InChI=1S/C25H31N5O2S/c1-4-6-13-22-27-24(31)20(15-30(22)21(10-5-2)18-11-8-7-9-12-18)25-29-28-23(32-25)14-19-16-33-17(3)26-19/h7-9,11-12,16,21,29H,4-6,10,13-15H2,1-3H3/t21-/m0/s1. The Morgan fingerprint density at radius 1 is 1.21 bits per heavy atom. The number of aryl methyl sites for hydroxylation is 1. The molecule has 0 saturated heterocycles. The number of amidine groups is 1. The number of nitrogens with one attached hydrogen (secondary N) is 1. The fourth-order valence-electron chi connectivity index (χ4n) is 4.15. The number of hydrogen-bond acceptors (Lipinski definition) is 7. The summed E-state index contributed by atoms with van der Waals surface area (Å²) in [6.07, 6.45) is 5.34. The summed E-state index contributed by atoms with van der Waals surface area (Å²) in [5.74, 6) is 1.51. The predicted molar refractivity (Wildman–Crippen MR) is 132 cm³/mol. The largest absolute Gasteiger partial charge is 0.423 e. The highest BCUT2D eigenvalue weighted by Gasteiger charge is 2.34. The fourth-order valence-corrected chi connectivity index (χ4v) is 4.76. The van der Waals surface area contributed by atoms with Crippen molar-refractivity contribution in [2.75, 3.05) is 6.54 Å². The van der Waals surface area contributed by atoms with Crippen molar-refractivity contribution in [3.63, 3.8) is 0 Å². The molecule has 2 aliphatic rings. The first-order valence-electron chi connectivity index (χ1n) is 11.7. The number of thiazole rings is 1. The molecule has 1 amide bonds. The third kappa shape index (κ3) is 5.50. The number of nitrogens with zero attached hydrogens (tertiary/aromatic N) is 4. The zero-order valence-corrected chi connectivity index (χ0v) is 20.3. The topological polar surface area (TPSA) is 79.2 Å². The third-order valence-electron chi connectivity index (χ3n) is 5.80. The molecule has 0 radical (unpaired) electrons. The van der Waals surface area contributed by atoms with Crippen LogP contribution in [0.3, 0.4) is 0 Å². The van der Waals surface area contributed by atoms with Gasteiger partial charge in [0.2, 0.25) is 11.8 Å². The van der Waals surface area contributed by atoms with Gasteiger partial charge in [0, 0.05) is 11.8 Å². The molecule has 7 nitrogen and oxygen atoms in total. The van der Waals surface area contributed by atoms with E-state index in [1.54, 1.807) is 11.3 Å². The van der Waals surface area contributed by atoms with E-state index in [0.29, 0.717) is 30.3 Å². The number of aromatic nitrogens is 1. The summed E-state index contributed by atoms with van der Waals surface area (Å²) in [6.45, 7) is 6.76. The lowest BCUT2D eigenvalue weighted by Crippen LogP contribution is -2.42. The third-order valence-corrected chi connectivity index (χ3v) is 6.62. The average Bonchev–Trinajstić information content (AvgIpc) is 3.46. The Morgan fingerprint density at radius 3 is 2.73 bits per heavy atom. The molecule has 1 atom stereocenters. The maximum atomic E-state index is 13.0. The van der Waals surface area contributed by atoms with Crippen LogP contribution in [0.15, 0.2) is 57.3 Å². The average molecular weight is 466 g/mol. The second-order valence-electron chi connectivity index (χ2n) is 8.34. The number of carbonyl (C=O) groups is 1. The van der Waals surface area contributed by atoms with E-state index in [9.17, 15) is 4.79 Å². The molecule has 4 rings (SSSR count). The first-order valence-corrected chi connectivity index (χ1v) is 12.5. The smallest absolute Gasteiger partial charge is 0.281 e. The maximum absolute atomic E-state index is 13.0. The summed E-state index contributed by atoms with van der Waals surface area (Å²) >= 11 is 1.60. The number of ether oxygens (including phenoxy) is 1. The molecule has 0 fully saturated rings. The molecule has 1 N–H and O–H groups in total. The summed E-state index contributed by atoms with van der Waals surface area (Å²) < 4.78 is 5.96. The van der Waals surface area contributed by atoms with Gasteiger partial charge in [-0.25, -0.2) is 10.4 Å². The van der Waals surface area contributed by atoms with Crippen LogP contribution in [-0.4, -0.2) is 34.1 Å². The van der Waals surface area contributed by atoms with Gasteiger partial charge in [-0.15, -0.1) is 16.4 Å². The van der Waals surface area contributed by atoms with Gasteiger partial charge in [-0.05, 0) is 25.3 Å².